The van der Waals surface area contributed by atoms with Crippen molar-refractivity contribution >= 4 is 38.5 Å². The lowest BCUT2D eigenvalue weighted by Crippen LogP contribution is -2.50. The molecule has 4 nitrogen and oxygen atoms in total. The van der Waals surface area contributed by atoms with Gasteiger partial charge in [-0.05, 0) is 47.4 Å². The van der Waals surface area contributed by atoms with Crippen LogP contribution in [0.1, 0.15) is 12.0 Å². The molecule has 35 heavy (non-hydrogen) atoms. The third-order valence-electron chi connectivity index (χ3n) is 6.74. The Morgan fingerprint density at radius 1 is 1.00 bits per heavy atom. The second-order valence-corrected chi connectivity index (χ2v) is 10.2. The largest absolute Gasteiger partial charge is 0.339 e. The molecule has 0 radical (unpaired) electrons. The highest BCUT2D eigenvalue weighted by molar-refractivity contribution is 9.10. The first-order chi connectivity index (χ1) is 16.9. The summed E-state index contributed by atoms with van der Waals surface area (Å²) in [7, 11) is 0. The van der Waals surface area contributed by atoms with E-state index in [0.717, 1.165) is 43.2 Å². The van der Waals surface area contributed by atoms with Crippen LogP contribution in [0.15, 0.2) is 90.1 Å². The SMILES string of the molecule is C=CC(=O)N1CC(CC(=O)Cn2cc(-c3ccccc3-c3ccccc3)c3cc(Br)cc(C)c32)C1. The summed E-state index contributed by atoms with van der Waals surface area (Å²) in [6, 6.07) is 23.1. The van der Waals surface area contributed by atoms with Crippen LogP contribution in [-0.4, -0.2) is 34.2 Å². The minimum Gasteiger partial charge on any atom is -0.339 e. The van der Waals surface area contributed by atoms with E-state index in [4.69, 9.17) is 0 Å². The maximum absolute atomic E-state index is 13.1. The Morgan fingerprint density at radius 2 is 1.69 bits per heavy atom. The van der Waals surface area contributed by atoms with Crippen LogP contribution in [0.4, 0.5) is 0 Å². The zero-order valence-corrected chi connectivity index (χ0v) is 21.3. The molecule has 0 aliphatic carbocycles. The number of carbonyl (C=O) groups is 2. The first kappa shape index (κ1) is 23.3. The van der Waals surface area contributed by atoms with Crippen LogP contribution in [0.2, 0.25) is 0 Å². The average molecular weight is 527 g/mol. The molecule has 0 bridgehead atoms. The Labute approximate surface area is 214 Å². The normalized spacial score (nSPS) is 13.6. The molecule has 2 heterocycles. The van der Waals surface area contributed by atoms with E-state index in [1.807, 2.05) is 6.07 Å². The first-order valence-electron chi connectivity index (χ1n) is 11.8. The third-order valence-corrected chi connectivity index (χ3v) is 7.19. The molecule has 1 aromatic heterocycles. The predicted octanol–water partition coefficient (Wildman–Crippen LogP) is 6.65. The number of amides is 1. The van der Waals surface area contributed by atoms with Crippen LogP contribution in [0.3, 0.4) is 0 Å². The van der Waals surface area contributed by atoms with E-state index in [-0.39, 0.29) is 17.6 Å². The van der Waals surface area contributed by atoms with Gasteiger partial charge in [-0.2, -0.15) is 0 Å². The minimum atomic E-state index is -0.0620. The van der Waals surface area contributed by atoms with E-state index in [0.29, 0.717) is 26.1 Å². The van der Waals surface area contributed by atoms with E-state index < -0.39 is 0 Å². The fraction of sp³-hybridized carbons (Fsp3) is 0.200. The van der Waals surface area contributed by atoms with E-state index in [1.54, 1.807) is 4.90 Å². The lowest BCUT2D eigenvalue weighted by atomic mass is 9.94. The number of hydrogen-bond donors (Lipinski definition) is 0. The molecule has 4 aromatic rings. The van der Waals surface area contributed by atoms with Gasteiger partial charge in [0.25, 0.3) is 0 Å². The first-order valence-corrected chi connectivity index (χ1v) is 12.6. The standard InChI is InChI=1S/C30H27BrN2O2/c1-3-29(35)32-16-21(17-32)14-24(34)18-33-19-28(27-15-23(31)13-20(2)30(27)33)26-12-8-7-11-25(26)22-9-5-4-6-10-22/h3-13,15,19,21H,1,14,16-18H2,2H3. The van der Waals surface area contributed by atoms with Crippen LogP contribution in [0.25, 0.3) is 33.2 Å². The Hall–Kier alpha value is -3.44. The van der Waals surface area contributed by atoms with Gasteiger partial charge in [0.05, 0.1) is 12.1 Å². The van der Waals surface area contributed by atoms with Crippen LogP contribution in [0, 0.1) is 12.8 Å². The number of Topliss-reactive ketones (excluding diaryl/α,β-unsaturated/α-hetero) is 1. The summed E-state index contributed by atoms with van der Waals surface area (Å²) in [4.78, 5) is 26.5. The van der Waals surface area contributed by atoms with Gasteiger partial charge in [-0.1, -0.05) is 77.1 Å². The van der Waals surface area contributed by atoms with E-state index >= 15 is 0 Å². The molecule has 1 aliphatic heterocycles. The molecule has 3 aromatic carbocycles. The molecule has 176 valence electrons. The Balaban J connectivity index is 1.50. The number of aromatic nitrogens is 1. The molecule has 0 atom stereocenters. The quantitative estimate of drug-likeness (QED) is 0.253. The lowest BCUT2D eigenvalue weighted by molar-refractivity contribution is -0.134. The Morgan fingerprint density at radius 3 is 2.40 bits per heavy atom. The lowest BCUT2D eigenvalue weighted by Gasteiger charge is -2.38. The molecule has 1 aliphatic rings. The van der Waals surface area contributed by atoms with Crippen molar-refractivity contribution in [2.24, 2.45) is 5.92 Å². The summed E-state index contributed by atoms with van der Waals surface area (Å²) in [6.07, 6.45) is 3.93. The van der Waals surface area contributed by atoms with Crippen molar-refractivity contribution in [3.8, 4) is 22.3 Å². The van der Waals surface area contributed by atoms with Crippen molar-refractivity contribution in [3.05, 3.63) is 95.6 Å². The van der Waals surface area contributed by atoms with Gasteiger partial charge in [0.15, 0.2) is 5.78 Å². The van der Waals surface area contributed by atoms with Crippen molar-refractivity contribution in [2.45, 2.75) is 19.9 Å². The number of rotatable bonds is 7. The van der Waals surface area contributed by atoms with Gasteiger partial charge in [0.2, 0.25) is 5.91 Å². The summed E-state index contributed by atoms with van der Waals surface area (Å²) >= 11 is 3.67. The molecule has 1 saturated heterocycles. The van der Waals surface area contributed by atoms with Crippen LogP contribution in [-0.2, 0) is 16.1 Å². The number of likely N-dealkylation sites (tertiary alicyclic amines) is 1. The zero-order valence-electron chi connectivity index (χ0n) is 19.7. The molecule has 0 saturated carbocycles. The van der Waals surface area contributed by atoms with Crippen molar-refractivity contribution in [2.75, 3.05) is 13.1 Å². The minimum absolute atomic E-state index is 0.0620. The van der Waals surface area contributed by atoms with Crippen LogP contribution >= 0.6 is 15.9 Å². The summed E-state index contributed by atoms with van der Waals surface area (Å²) in [6.45, 7) is 7.20. The van der Waals surface area contributed by atoms with E-state index in [2.05, 4.69) is 101 Å². The predicted molar refractivity (Wildman–Crippen MR) is 145 cm³/mol. The monoisotopic (exact) mass is 526 g/mol. The summed E-state index contributed by atoms with van der Waals surface area (Å²) in [5.41, 5.74) is 6.79. The van der Waals surface area contributed by atoms with E-state index in [1.165, 1.54) is 6.08 Å². The molecule has 5 rings (SSSR count). The molecule has 0 spiro atoms. The van der Waals surface area contributed by atoms with Gasteiger partial charge in [-0.25, -0.2) is 0 Å². The van der Waals surface area contributed by atoms with Crippen molar-refractivity contribution in [1.82, 2.24) is 9.47 Å². The fourth-order valence-electron chi connectivity index (χ4n) is 5.12. The second-order valence-electron chi connectivity index (χ2n) is 9.26. The van der Waals surface area contributed by atoms with Crippen molar-refractivity contribution < 1.29 is 9.59 Å². The maximum Gasteiger partial charge on any atom is 0.245 e. The second kappa shape index (κ2) is 9.67. The topological polar surface area (TPSA) is 42.3 Å². The number of hydrogen-bond acceptors (Lipinski definition) is 2. The molecular formula is C30H27BrN2O2. The van der Waals surface area contributed by atoms with Crippen LogP contribution in [0.5, 0.6) is 0 Å². The number of nitrogens with zero attached hydrogens (tertiary/aromatic N) is 2. The Bertz CT molecular complexity index is 1430. The summed E-state index contributed by atoms with van der Waals surface area (Å²) in [5, 5.41) is 1.12. The van der Waals surface area contributed by atoms with E-state index in [9.17, 15) is 9.59 Å². The van der Waals surface area contributed by atoms with Crippen molar-refractivity contribution in [1.29, 1.82) is 0 Å². The van der Waals surface area contributed by atoms with Gasteiger partial charge >= 0.3 is 0 Å². The fourth-order valence-corrected chi connectivity index (χ4v) is 5.70. The number of halogens is 1. The summed E-state index contributed by atoms with van der Waals surface area (Å²) in [5.74, 6) is 0.345. The molecule has 0 N–H and O–H groups in total. The number of fused-ring (bicyclic) bond motifs is 1. The number of carbonyl (C=O) groups excluding carboxylic acids is 2. The van der Waals surface area contributed by atoms with Crippen molar-refractivity contribution in [3.63, 3.8) is 0 Å². The highest BCUT2D eigenvalue weighted by Gasteiger charge is 2.31. The van der Waals surface area contributed by atoms with Crippen LogP contribution < -0.4 is 0 Å². The molecule has 1 fully saturated rings. The molecule has 5 heteroatoms. The van der Waals surface area contributed by atoms with Gasteiger partial charge in [-0.15, -0.1) is 0 Å². The summed E-state index contributed by atoms with van der Waals surface area (Å²) < 4.78 is 3.12. The van der Waals surface area contributed by atoms with Gasteiger partial charge in [-0.3, -0.25) is 9.59 Å². The number of ketones is 1. The third kappa shape index (κ3) is 4.61. The van der Waals surface area contributed by atoms with Gasteiger partial charge < -0.3 is 9.47 Å². The highest BCUT2D eigenvalue weighted by atomic mass is 79.9. The smallest absolute Gasteiger partial charge is 0.245 e. The number of benzene rings is 3. The van der Waals surface area contributed by atoms with Gasteiger partial charge in [0, 0.05) is 47.0 Å². The Kier molecular flexibility index (Phi) is 6.44. The molecular weight excluding hydrogens is 500 g/mol. The highest BCUT2D eigenvalue weighted by Crippen LogP contribution is 2.39. The zero-order chi connectivity index (χ0) is 24.5. The van der Waals surface area contributed by atoms with Gasteiger partial charge in [0.1, 0.15) is 0 Å². The molecule has 0 unspecified atom stereocenters. The molecule has 1 amide bonds. The number of aryl methyl sites for hydroxylation is 1. The average Bonchev–Trinajstić information content (AvgIpc) is 3.19. The maximum atomic E-state index is 13.1.